The van der Waals surface area contributed by atoms with Gasteiger partial charge in [0.15, 0.2) is 0 Å². The third-order valence-corrected chi connectivity index (χ3v) is 3.42. The van der Waals surface area contributed by atoms with Crippen LogP contribution in [0.15, 0.2) is 12.2 Å². The van der Waals surface area contributed by atoms with Gasteiger partial charge in [0, 0.05) is 12.6 Å². The van der Waals surface area contributed by atoms with Crippen molar-refractivity contribution in [2.45, 2.75) is 37.8 Å². The summed E-state index contributed by atoms with van der Waals surface area (Å²) in [4.78, 5) is 24.6. The Kier molecular flexibility index (Phi) is 4.05. The molecule has 19 heavy (non-hydrogen) atoms. The van der Waals surface area contributed by atoms with Crippen molar-refractivity contribution in [3.63, 3.8) is 0 Å². The number of carboxylic acid groups (broad SMARTS) is 1. The summed E-state index contributed by atoms with van der Waals surface area (Å²) in [6.07, 6.45) is 6.03. The molecule has 0 saturated heterocycles. The zero-order valence-electron chi connectivity index (χ0n) is 10.6. The van der Waals surface area contributed by atoms with Crippen LogP contribution >= 0.6 is 0 Å². The molecule has 1 saturated carbocycles. The van der Waals surface area contributed by atoms with Gasteiger partial charge in [-0.2, -0.15) is 5.26 Å². The van der Waals surface area contributed by atoms with E-state index in [-0.39, 0.29) is 18.1 Å². The lowest BCUT2D eigenvalue weighted by Crippen LogP contribution is -2.45. The van der Waals surface area contributed by atoms with E-state index in [0.717, 1.165) is 12.8 Å². The van der Waals surface area contributed by atoms with E-state index in [0.29, 0.717) is 19.4 Å². The van der Waals surface area contributed by atoms with Crippen LogP contribution in [-0.2, 0) is 4.79 Å². The van der Waals surface area contributed by atoms with Crippen molar-refractivity contribution in [3.8, 4) is 6.07 Å². The second-order valence-electron chi connectivity index (χ2n) is 4.95. The number of nitriles is 1. The molecule has 2 aliphatic carbocycles. The lowest BCUT2D eigenvalue weighted by atomic mass is 10.1. The fourth-order valence-corrected chi connectivity index (χ4v) is 2.24. The van der Waals surface area contributed by atoms with Crippen molar-refractivity contribution < 1.29 is 14.7 Å². The Labute approximate surface area is 111 Å². The van der Waals surface area contributed by atoms with Crippen LogP contribution in [0.3, 0.4) is 0 Å². The van der Waals surface area contributed by atoms with Gasteiger partial charge in [0.2, 0.25) is 0 Å². The molecule has 0 aromatic carbocycles. The normalized spacial score (nSPS) is 24.8. The first-order valence-electron chi connectivity index (χ1n) is 6.47. The molecule has 0 bridgehead atoms. The van der Waals surface area contributed by atoms with Gasteiger partial charge in [-0.3, -0.25) is 4.79 Å². The maximum atomic E-state index is 12.1. The van der Waals surface area contributed by atoms with Gasteiger partial charge in [-0.1, -0.05) is 12.2 Å². The number of rotatable bonds is 5. The highest BCUT2D eigenvalue weighted by Gasteiger charge is 2.34. The highest BCUT2D eigenvalue weighted by molar-refractivity contribution is 5.77. The first-order chi connectivity index (χ1) is 9.11. The molecule has 0 spiro atoms. The third kappa shape index (κ3) is 3.47. The Morgan fingerprint density at radius 2 is 2.16 bits per heavy atom. The van der Waals surface area contributed by atoms with E-state index in [4.69, 9.17) is 10.4 Å². The molecule has 2 atom stereocenters. The summed E-state index contributed by atoms with van der Waals surface area (Å²) in [6, 6.07) is 1.86. The Morgan fingerprint density at radius 1 is 1.42 bits per heavy atom. The summed E-state index contributed by atoms with van der Waals surface area (Å²) < 4.78 is 0. The summed E-state index contributed by atoms with van der Waals surface area (Å²) in [5.74, 6) is -1.38. The van der Waals surface area contributed by atoms with Crippen LogP contribution in [0.1, 0.15) is 25.7 Å². The molecule has 6 nitrogen and oxygen atoms in total. The number of carbonyl (C=O) groups excluding carboxylic acids is 1. The van der Waals surface area contributed by atoms with Crippen molar-refractivity contribution in [2.24, 2.45) is 5.92 Å². The molecule has 6 heteroatoms. The Balaban J connectivity index is 1.84. The molecule has 0 heterocycles. The third-order valence-electron chi connectivity index (χ3n) is 3.42. The van der Waals surface area contributed by atoms with Gasteiger partial charge in [0.25, 0.3) is 0 Å². The maximum absolute atomic E-state index is 12.1. The highest BCUT2D eigenvalue weighted by atomic mass is 16.4. The van der Waals surface area contributed by atoms with Crippen LogP contribution in [-0.4, -0.2) is 40.6 Å². The number of nitrogens with zero attached hydrogens (tertiary/aromatic N) is 2. The average molecular weight is 263 g/mol. The predicted molar refractivity (Wildman–Crippen MR) is 67.2 cm³/mol. The summed E-state index contributed by atoms with van der Waals surface area (Å²) in [6.45, 7) is 0.436. The zero-order valence-corrected chi connectivity index (χ0v) is 10.6. The fraction of sp³-hybridized carbons (Fsp3) is 0.615. The SMILES string of the molecule is N#CCCN(C(=O)NC1C=CC(C(=O)O)C1)C1CC1. The number of urea groups is 1. The van der Waals surface area contributed by atoms with Crippen molar-refractivity contribution in [1.82, 2.24) is 10.2 Å². The van der Waals surface area contributed by atoms with Crippen LogP contribution < -0.4 is 5.32 Å². The fourth-order valence-electron chi connectivity index (χ4n) is 2.24. The molecule has 0 aliphatic heterocycles. The maximum Gasteiger partial charge on any atom is 0.318 e. The Bertz CT molecular complexity index is 437. The van der Waals surface area contributed by atoms with E-state index in [2.05, 4.69) is 5.32 Å². The Morgan fingerprint density at radius 3 is 2.68 bits per heavy atom. The molecular formula is C13H17N3O3. The van der Waals surface area contributed by atoms with E-state index in [1.807, 2.05) is 6.07 Å². The number of carbonyl (C=O) groups is 2. The summed E-state index contributed by atoms with van der Waals surface area (Å²) in [5, 5.41) is 20.3. The van der Waals surface area contributed by atoms with Gasteiger partial charge in [0.05, 0.1) is 24.4 Å². The van der Waals surface area contributed by atoms with E-state index in [1.165, 1.54) is 0 Å². The zero-order chi connectivity index (χ0) is 13.8. The van der Waals surface area contributed by atoms with Gasteiger partial charge >= 0.3 is 12.0 Å². The first-order valence-corrected chi connectivity index (χ1v) is 6.47. The molecule has 2 unspecified atom stereocenters. The highest BCUT2D eigenvalue weighted by Crippen LogP contribution is 2.27. The van der Waals surface area contributed by atoms with Crippen molar-refractivity contribution in [1.29, 1.82) is 5.26 Å². The van der Waals surface area contributed by atoms with Crippen LogP contribution in [0.5, 0.6) is 0 Å². The Hall–Kier alpha value is -2.03. The van der Waals surface area contributed by atoms with Crippen LogP contribution in [0.25, 0.3) is 0 Å². The number of hydrogen-bond acceptors (Lipinski definition) is 3. The van der Waals surface area contributed by atoms with Crippen LogP contribution in [0.2, 0.25) is 0 Å². The largest absolute Gasteiger partial charge is 0.481 e. The van der Waals surface area contributed by atoms with Gasteiger partial charge in [0.1, 0.15) is 0 Å². The summed E-state index contributed by atoms with van der Waals surface area (Å²) in [7, 11) is 0. The van der Waals surface area contributed by atoms with E-state index >= 15 is 0 Å². The average Bonchev–Trinajstić information content (AvgIpc) is 3.09. The van der Waals surface area contributed by atoms with E-state index in [9.17, 15) is 9.59 Å². The van der Waals surface area contributed by atoms with Crippen molar-refractivity contribution in [2.75, 3.05) is 6.54 Å². The number of nitrogens with one attached hydrogen (secondary N) is 1. The van der Waals surface area contributed by atoms with E-state index in [1.54, 1.807) is 17.1 Å². The first kappa shape index (κ1) is 13.4. The van der Waals surface area contributed by atoms with Gasteiger partial charge in [-0.25, -0.2) is 4.79 Å². The number of amides is 2. The molecule has 2 rings (SSSR count). The topological polar surface area (TPSA) is 93.4 Å². The minimum atomic E-state index is -0.864. The summed E-state index contributed by atoms with van der Waals surface area (Å²) >= 11 is 0. The molecular weight excluding hydrogens is 246 g/mol. The van der Waals surface area contributed by atoms with E-state index < -0.39 is 11.9 Å². The number of aliphatic carboxylic acids is 1. The van der Waals surface area contributed by atoms with Crippen molar-refractivity contribution in [3.05, 3.63) is 12.2 Å². The quantitative estimate of drug-likeness (QED) is 0.726. The molecule has 2 amide bonds. The molecule has 2 N–H and O–H groups in total. The molecule has 0 radical (unpaired) electrons. The minimum absolute atomic E-state index is 0.196. The molecule has 0 aromatic rings. The second kappa shape index (κ2) is 5.74. The van der Waals surface area contributed by atoms with Crippen molar-refractivity contribution >= 4 is 12.0 Å². The lowest BCUT2D eigenvalue weighted by Gasteiger charge is -2.23. The van der Waals surface area contributed by atoms with Crippen LogP contribution in [0.4, 0.5) is 4.79 Å². The van der Waals surface area contributed by atoms with Gasteiger partial charge in [-0.05, 0) is 19.3 Å². The number of hydrogen-bond donors (Lipinski definition) is 2. The standard InChI is InChI=1S/C13H17N3O3/c14-6-1-7-16(11-4-5-11)13(19)15-10-3-2-9(8-10)12(17)18/h2-3,9-11H,1,4-5,7-8H2,(H,15,19)(H,17,18). The smallest absolute Gasteiger partial charge is 0.318 e. The lowest BCUT2D eigenvalue weighted by molar-refractivity contribution is -0.140. The van der Waals surface area contributed by atoms with Gasteiger partial charge in [-0.15, -0.1) is 0 Å². The molecule has 102 valence electrons. The monoisotopic (exact) mass is 263 g/mol. The molecule has 1 fully saturated rings. The molecule has 0 aromatic heterocycles. The second-order valence-corrected chi connectivity index (χ2v) is 4.95. The number of carboxylic acids is 1. The predicted octanol–water partition coefficient (Wildman–Crippen LogP) is 1.10. The van der Waals surface area contributed by atoms with Gasteiger partial charge < -0.3 is 15.3 Å². The minimum Gasteiger partial charge on any atom is -0.481 e. The molecule has 2 aliphatic rings. The van der Waals surface area contributed by atoms with Crippen LogP contribution in [0, 0.1) is 17.2 Å². The summed E-state index contributed by atoms with van der Waals surface area (Å²) in [5.41, 5.74) is 0.